The predicted octanol–water partition coefficient (Wildman–Crippen LogP) is 1.90. The number of carbonyl (C=O) groups is 1. The number of sulfonamides is 1. The van der Waals surface area contributed by atoms with Crippen LogP contribution in [0.2, 0.25) is 0 Å². The Kier molecular flexibility index (Phi) is 8.48. The van der Waals surface area contributed by atoms with Gasteiger partial charge in [0.1, 0.15) is 5.75 Å². The smallest absolute Gasteiger partial charge is 0.279 e. The van der Waals surface area contributed by atoms with Crippen molar-refractivity contribution < 1.29 is 22.8 Å². The Labute approximate surface area is 175 Å². The van der Waals surface area contributed by atoms with Crippen molar-refractivity contribution in [2.75, 3.05) is 31.5 Å². The second-order valence-corrected chi connectivity index (χ2v) is 9.88. The van der Waals surface area contributed by atoms with Crippen LogP contribution in [0.5, 0.6) is 5.75 Å². The van der Waals surface area contributed by atoms with E-state index in [9.17, 15) is 13.2 Å². The van der Waals surface area contributed by atoms with E-state index < -0.39 is 10.0 Å². The average molecular weight is 427 g/mol. The third-order valence-corrected chi connectivity index (χ3v) is 7.45. The van der Waals surface area contributed by atoms with E-state index in [0.717, 1.165) is 19.4 Å². The first-order valence-corrected chi connectivity index (χ1v) is 12.1. The molecule has 1 heterocycles. The fourth-order valence-electron chi connectivity index (χ4n) is 3.75. The van der Waals surface area contributed by atoms with Crippen molar-refractivity contribution in [3.8, 4) is 5.75 Å². The first-order valence-electron chi connectivity index (χ1n) is 10.6. The lowest BCUT2D eigenvalue weighted by molar-refractivity contribution is -0.920. The molecule has 0 aliphatic carbocycles. The molecule has 164 valence electrons. The minimum Gasteiger partial charge on any atom is -0.489 e. The predicted molar refractivity (Wildman–Crippen MR) is 115 cm³/mol. The number of anilines is 1. The molecule has 0 saturated carbocycles. The van der Waals surface area contributed by atoms with E-state index >= 15 is 0 Å². The summed E-state index contributed by atoms with van der Waals surface area (Å²) >= 11 is 0. The highest BCUT2D eigenvalue weighted by Gasteiger charge is 2.26. The highest BCUT2D eigenvalue weighted by Crippen LogP contribution is 2.30. The Morgan fingerprint density at radius 2 is 1.97 bits per heavy atom. The zero-order valence-corrected chi connectivity index (χ0v) is 19.1. The standard InChI is InChI=1S/C21H35N3O4S/c1-6-24(7-2)29(26,27)18-11-12-20(28-16(3)4)19(14-18)22-21(25)15-23-13-9-8-10-17(23)5/h11-12,14,16-17H,6-10,13,15H2,1-5H3,(H,22,25)/p+1/t17-/m1/s1. The number of quaternary nitrogens is 1. The molecule has 1 amide bonds. The van der Waals surface area contributed by atoms with Gasteiger partial charge in [-0.25, -0.2) is 8.42 Å². The summed E-state index contributed by atoms with van der Waals surface area (Å²) in [5.41, 5.74) is 0.404. The first-order chi connectivity index (χ1) is 13.7. The first kappa shape index (κ1) is 23.6. The van der Waals surface area contributed by atoms with Gasteiger partial charge >= 0.3 is 0 Å². The molecule has 1 unspecified atom stereocenters. The van der Waals surface area contributed by atoms with E-state index in [2.05, 4.69) is 12.2 Å². The summed E-state index contributed by atoms with van der Waals surface area (Å²) in [6.45, 7) is 11.7. The second-order valence-electron chi connectivity index (χ2n) is 7.94. The number of nitrogens with zero attached hydrogens (tertiary/aromatic N) is 1. The molecule has 0 spiro atoms. The van der Waals surface area contributed by atoms with Crippen molar-refractivity contribution in [1.82, 2.24) is 4.31 Å². The van der Waals surface area contributed by atoms with Crippen LogP contribution in [0.4, 0.5) is 5.69 Å². The van der Waals surface area contributed by atoms with Crippen molar-refractivity contribution in [2.24, 2.45) is 0 Å². The normalized spacial score (nSPS) is 20.1. The molecule has 1 aromatic rings. The summed E-state index contributed by atoms with van der Waals surface area (Å²) in [7, 11) is -3.62. The number of benzene rings is 1. The van der Waals surface area contributed by atoms with E-state index in [1.807, 2.05) is 27.7 Å². The Morgan fingerprint density at radius 1 is 1.28 bits per heavy atom. The SMILES string of the molecule is CCN(CC)S(=O)(=O)c1ccc(OC(C)C)c(NC(=O)C[NH+]2CCCC[C@H]2C)c1. The van der Waals surface area contributed by atoms with E-state index in [1.165, 1.54) is 21.7 Å². The van der Waals surface area contributed by atoms with Crippen LogP contribution in [0.15, 0.2) is 23.1 Å². The molecule has 0 aromatic heterocycles. The Hall–Kier alpha value is -1.64. The van der Waals surface area contributed by atoms with Crippen molar-refractivity contribution in [2.45, 2.75) is 70.9 Å². The molecule has 1 saturated heterocycles. The van der Waals surface area contributed by atoms with Crippen LogP contribution in [-0.4, -0.2) is 57.0 Å². The van der Waals surface area contributed by atoms with E-state index in [-0.39, 0.29) is 16.9 Å². The van der Waals surface area contributed by atoms with Gasteiger partial charge in [0.05, 0.1) is 29.3 Å². The number of amides is 1. The molecule has 1 aliphatic rings. The minimum atomic E-state index is -3.62. The largest absolute Gasteiger partial charge is 0.489 e. The van der Waals surface area contributed by atoms with Gasteiger partial charge < -0.3 is 15.0 Å². The lowest BCUT2D eigenvalue weighted by Crippen LogP contribution is -3.17. The minimum absolute atomic E-state index is 0.0939. The van der Waals surface area contributed by atoms with Crippen LogP contribution < -0.4 is 15.0 Å². The monoisotopic (exact) mass is 426 g/mol. The molecule has 2 N–H and O–H groups in total. The topological polar surface area (TPSA) is 80.2 Å². The zero-order chi connectivity index (χ0) is 21.6. The molecule has 7 nitrogen and oxygen atoms in total. The molecule has 1 aromatic carbocycles. The molecule has 2 atom stereocenters. The molecule has 1 aliphatic heterocycles. The second kappa shape index (κ2) is 10.4. The summed E-state index contributed by atoms with van der Waals surface area (Å²) in [5.74, 6) is 0.355. The number of carbonyl (C=O) groups excluding carboxylic acids is 1. The van der Waals surface area contributed by atoms with E-state index in [0.29, 0.717) is 37.1 Å². The van der Waals surface area contributed by atoms with Crippen LogP contribution >= 0.6 is 0 Å². The Balaban J connectivity index is 2.28. The van der Waals surface area contributed by atoms with Gasteiger partial charge in [-0.15, -0.1) is 0 Å². The van der Waals surface area contributed by atoms with Crippen LogP contribution in [0.3, 0.4) is 0 Å². The third kappa shape index (κ3) is 6.17. The van der Waals surface area contributed by atoms with Crippen molar-refractivity contribution in [1.29, 1.82) is 0 Å². The summed E-state index contributed by atoms with van der Waals surface area (Å²) in [5, 5.41) is 2.90. The average Bonchev–Trinajstić information content (AvgIpc) is 2.65. The quantitative estimate of drug-likeness (QED) is 0.632. The number of nitrogens with one attached hydrogen (secondary N) is 2. The number of rotatable bonds is 9. The highest BCUT2D eigenvalue weighted by atomic mass is 32.2. The Morgan fingerprint density at radius 3 is 2.55 bits per heavy atom. The van der Waals surface area contributed by atoms with Crippen molar-refractivity contribution in [3.63, 3.8) is 0 Å². The lowest BCUT2D eigenvalue weighted by Gasteiger charge is -2.29. The van der Waals surface area contributed by atoms with Crippen LogP contribution in [0.25, 0.3) is 0 Å². The molecule has 29 heavy (non-hydrogen) atoms. The summed E-state index contributed by atoms with van der Waals surface area (Å²) in [6, 6.07) is 5.13. The van der Waals surface area contributed by atoms with Gasteiger partial charge in [0.15, 0.2) is 6.54 Å². The maximum absolute atomic E-state index is 12.9. The fraction of sp³-hybridized carbons (Fsp3) is 0.667. The van der Waals surface area contributed by atoms with E-state index in [4.69, 9.17) is 4.74 Å². The van der Waals surface area contributed by atoms with Crippen molar-refractivity contribution >= 4 is 21.6 Å². The molecule has 0 radical (unpaired) electrons. The molecule has 1 fully saturated rings. The van der Waals surface area contributed by atoms with Gasteiger partial charge in [0.2, 0.25) is 10.0 Å². The fourth-order valence-corrected chi connectivity index (χ4v) is 5.24. The maximum atomic E-state index is 12.9. The van der Waals surface area contributed by atoms with Gasteiger partial charge in [0, 0.05) is 13.1 Å². The number of hydrogen-bond acceptors (Lipinski definition) is 4. The van der Waals surface area contributed by atoms with Gasteiger partial charge in [-0.05, 0) is 58.2 Å². The van der Waals surface area contributed by atoms with Crippen LogP contribution in [-0.2, 0) is 14.8 Å². The van der Waals surface area contributed by atoms with Gasteiger partial charge in [-0.3, -0.25) is 4.79 Å². The lowest BCUT2D eigenvalue weighted by atomic mass is 10.0. The summed E-state index contributed by atoms with van der Waals surface area (Å²) < 4.78 is 33.0. The summed E-state index contributed by atoms with van der Waals surface area (Å²) in [4.78, 5) is 14.2. The molecular weight excluding hydrogens is 390 g/mol. The highest BCUT2D eigenvalue weighted by molar-refractivity contribution is 7.89. The number of likely N-dealkylation sites (tertiary alicyclic amines) is 1. The number of ether oxygens (including phenoxy) is 1. The van der Waals surface area contributed by atoms with E-state index in [1.54, 1.807) is 12.1 Å². The van der Waals surface area contributed by atoms with Crippen molar-refractivity contribution in [3.05, 3.63) is 18.2 Å². The van der Waals surface area contributed by atoms with Gasteiger partial charge in [0.25, 0.3) is 5.91 Å². The number of hydrogen-bond donors (Lipinski definition) is 2. The molecule has 8 heteroatoms. The zero-order valence-electron chi connectivity index (χ0n) is 18.3. The summed E-state index contributed by atoms with van der Waals surface area (Å²) in [6.07, 6.45) is 3.38. The maximum Gasteiger partial charge on any atom is 0.279 e. The van der Waals surface area contributed by atoms with Gasteiger partial charge in [-0.1, -0.05) is 13.8 Å². The Bertz CT molecular complexity index is 791. The van der Waals surface area contributed by atoms with Gasteiger partial charge in [-0.2, -0.15) is 4.31 Å². The van der Waals surface area contributed by atoms with Crippen LogP contribution in [0.1, 0.15) is 53.9 Å². The number of piperidine rings is 1. The molecular formula is C21H36N3O4S+. The molecule has 2 rings (SSSR count). The third-order valence-electron chi connectivity index (χ3n) is 5.40. The van der Waals surface area contributed by atoms with Crippen LogP contribution in [0, 0.1) is 0 Å². The molecule has 0 bridgehead atoms.